The highest BCUT2D eigenvalue weighted by atomic mass is 16.5. The van der Waals surface area contributed by atoms with E-state index in [4.69, 9.17) is 9.47 Å². The number of carbonyl (C=O) groups is 1. The second-order valence-corrected chi connectivity index (χ2v) is 7.27. The maximum Gasteiger partial charge on any atom is 0.341 e. The van der Waals surface area contributed by atoms with Crippen LogP contribution in [0.3, 0.4) is 0 Å². The minimum absolute atomic E-state index is 0.0414. The van der Waals surface area contributed by atoms with Crippen LogP contribution in [0.15, 0.2) is 36.8 Å². The Morgan fingerprint density at radius 1 is 1.13 bits per heavy atom. The van der Waals surface area contributed by atoms with E-state index in [2.05, 4.69) is 59.1 Å². The standard InChI is InChI=1S/C22H24N6O3/c1-6-31-21(29)17-10-23-27(12-17)22-25-18-11-24-28(19(18)20(26-22)30-5)15(4)16-8-7-13(2)14(3)9-16/h7-12,15H,6H2,1-5H3/t15-/m0/s1. The van der Waals surface area contributed by atoms with Gasteiger partial charge in [-0.25, -0.2) is 14.5 Å². The van der Waals surface area contributed by atoms with Crippen molar-refractivity contribution in [3.05, 3.63) is 59.0 Å². The minimum atomic E-state index is -0.447. The Balaban J connectivity index is 1.75. The van der Waals surface area contributed by atoms with Gasteiger partial charge in [0, 0.05) is 6.20 Å². The molecule has 0 amide bonds. The van der Waals surface area contributed by atoms with Gasteiger partial charge in [-0.1, -0.05) is 18.2 Å². The molecular weight excluding hydrogens is 396 g/mol. The van der Waals surface area contributed by atoms with Gasteiger partial charge in [0.2, 0.25) is 5.88 Å². The second-order valence-electron chi connectivity index (χ2n) is 7.27. The molecule has 0 saturated carbocycles. The van der Waals surface area contributed by atoms with Crippen LogP contribution in [0.1, 0.15) is 46.9 Å². The fourth-order valence-electron chi connectivity index (χ4n) is 3.38. The van der Waals surface area contributed by atoms with Gasteiger partial charge in [0.1, 0.15) is 11.0 Å². The van der Waals surface area contributed by atoms with Crippen LogP contribution in [-0.2, 0) is 4.74 Å². The zero-order valence-corrected chi connectivity index (χ0v) is 18.2. The molecule has 0 N–H and O–H groups in total. The minimum Gasteiger partial charge on any atom is -0.479 e. The van der Waals surface area contributed by atoms with Gasteiger partial charge >= 0.3 is 5.97 Å². The van der Waals surface area contributed by atoms with Crippen LogP contribution < -0.4 is 4.74 Å². The molecular formula is C22H24N6O3. The summed E-state index contributed by atoms with van der Waals surface area (Å²) >= 11 is 0. The number of methoxy groups -OCH3 is 1. The van der Waals surface area contributed by atoms with Gasteiger partial charge in [-0.2, -0.15) is 15.2 Å². The predicted molar refractivity (Wildman–Crippen MR) is 115 cm³/mol. The van der Waals surface area contributed by atoms with Crippen molar-refractivity contribution < 1.29 is 14.3 Å². The summed E-state index contributed by atoms with van der Waals surface area (Å²) < 4.78 is 13.8. The molecule has 0 radical (unpaired) electrons. The number of ether oxygens (including phenoxy) is 2. The summed E-state index contributed by atoms with van der Waals surface area (Å²) in [6, 6.07) is 6.33. The largest absolute Gasteiger partial charge is 0.479 e. The van der Waals surface area contributed by atoms with Gasteiger partial charge in [-0.05, 0) is 44.4 Å². The molecule has 0 saturated heterocycles. The first-order valence-electron chi connectivity index (χ1n) is 10.0. The molecule has 0 spiro atoms. The summed E-state index contributed by atoms with van der Waals surface area (Å²) in [5.74, 6) is 0.205. The molecule has 0 aliphatic heterocycles. The van der Waals surface area contributed by atoms with E-state index in [1.807, 2.05) is 4.68 Å². The summed E-state index contributed by atoms with van der Waals surface area (Å²) in [5.41, 5.74) is 5.23. The second kappa shape index (κ2) is 8.17. The van der Waals surface area contributed by atoms with E-state index in [1.54, 1.807) is 20.2 Å². The Morgan fingerprint density at radius 2 is 1.94 bits per heavy atom. The van der Waals surface area contributed by atoms with Crippen LogP contribution in [0.4, 0.5) is 0 Å². The SMILES string of the molecule is CCOC(=O)c1cnn(-c2nc(OC)c3c(cnn3[C@@H](C)c3ccc(C)c(C)c3)n2)c1. The smallest absolute Gasteiger partial charge is 0.341 e. The highest BCUT2D eigenvalue weighted by Crippen LogP contribution is 2.29. The number of hydrogen-bond donors (Lipinski definition) is 0. The van der Waals surface area contributed by atoms with Crippen molar-refractivity contribution >= 4 is 17.0 Å². The fraction of sp³-hybridized carbons (Fsp3) is 0.318. The van der Waals surface area contributed by atoms with E-state index in [1.165, 1.54) is 28.2 Å². The van der Waals surface area contributed by atoms with Crippen molar-refractivity contribution in [2.45, 2.75) is 33.7 Å². The Morgan fingerprint density at radius 3 is 2.65 bits per heavy atom. The maximum absolute atomic E-state index is 11.9. The van der Waals surface area contributed by atoms with E-state index in [0.717, 1.165) is 5.56 Å². The van der Waals surface area contributed by atoms with Crippen LogP contribution in [-0.4, -0.2) is 49.2 Å². The van der Waals surface area contributed by atoms with Crippen LogP contribution in [0.2, 0.25) is 0 Å². The number of rotatable bonds is 6. The summed E-state index contributed by atoms with van der Waals surface area (Å²) in [7, 11) is 1.55. The maximum atomic E-state index is 11.9. The number of hydrogen-bond acceptors (Lipinski definition) is 7. The van der Waals surface area contributed by atoms with Crippen molar-refractivity contribution in [3.63, 3.8) is 0 Å². The molecule has 4 aromatic rings. The molecule has 0 aliphatic carbocycles. The highest BCUT2D eigenvalue weighted by Gasteiger charge is 2.20. The molecule has 1 aromatic carbocycles. The van der Waals surface area contributed by atoms with E-state index in [9.17, 15) is 4.79 Å². The van der Waals surface area contributed by atoms with Gasteiger partial charge in [-0.3, -0.25) is 4.68 Å². The van der Waals surface area contributed by atoms with Gasteiger partial charge < -0.3 is 9.47 Å². The van der Waals surface area contributed by atoms with Crippen LogP contribution in [0, 0.1) is 13.8 Å². The third-order valence-corrected chi connectivity index (χ3v) is 5.27. The number of nitrogens with zero attached hydrogens (tertiary/aromatic N) is 6. The molecule has 4 rings (SSSR count). The van der Waals surface area contributed by atoms with Crippen LogP contribution in [0.25, 0.3) is 17.0 Å². The normalized spacial score (nSPS) is 12.2. The van der Waals surface area contributed by atoms with E-state index >= 15 is 0 Å². The molecule has 3 aromatic heterocycles. The lowest BCUT2D eigenvalue weighted by Gasteiger charge is -2.16. The Kier molecular flexibility index (Phi) is 5.41. The zero-order chi connectivity index (χ0) is 22.1. The Hall–Kier alpha value is -3.75. The van der Waals surface area contributed by atoms with Crippen molar-refractivity contribution in [1.29, 1.82) is 0 Å². The van der Waals surface area contributed by atoms with Crippen molar-refractivity contribution in [2.75, 3.05) is 13.7 Å². The third-order valence-electron chi connectivity index (χ3n) is 5.27. The Bertz CT molecular complexity index is 1260. The third kappa shape index (κ3) is 3.74. The van der Waals surface area contributed by atoms with Crippen molar-refractivity contribution in [3.8, 4) is 11.8 Å². The molecule has 160 valence electrons. The average molecular weight is 420 g/mol. The number of fused-ring (bicyclic) bond motifs is 1. The van der Waals surface area contributed by atoms with Crippen molar-refractivity contribution in [1.82, 2.24) is 29.5 Å². The summed E-state index contributed by atoms with van der Waals surface area (Å²) in [6.45, 7) is 8.30. The first kappa shape index (κ1) is 20.5. The van der Waals surface area contributed by atoms with E-state index in [-0.39, 0.29) is 18.6 Å². The molecule has 0 unspecified atom stereocenters. The highest BCUT2D eigenvalue weighted by molar-refractivity contribution is 5.88. The fourth-order valence-corrected chi connectivity index (χ4v) is 3.38. The summed E-state index contributed by atoms with van der Waals surface area (Å²) in [4.78, 5) is 21.0. The van der Waals surface area contributed by atoms with Gasteiger partial charge in [0.05, 0.1) is 37.7 Å². The molecule has 31 heavy (non-hydrogen) atoms. The van der Waals surface area contributed by atoms with Gasteiger partial charge in [0.15, 0.2) is 0 Å². The molecule has 9 heteroatoms. The number of aryl methyl sites for hydroxylation is 2. The molecule has 9 nitrogen and oxygen atoms in total. The average Bonchev–Trinajstić information content (AvgIpc) is 3.42. The first-order chi connectivity index (χ1) is 14.9. The molecule has 0 bridgehead atoms. The van der Waals surface area contributed by atoms with Gasteiger partial charge in [-0.15, -0.1) is 0 Å². The zero-order valence-electron chi connectivity index (χ0n) is 18.2. The molecule has 0 aliphatic rings. The molecule has 3 heterocycles. The van der Waals surface area contributed by atoms with Crippen LogP contribution >= 0.6 is 0 Å². The van der Waals surface area contributed by atoms with Crippen molar-refractivity contribution in [2.24, 2.45) is 0 Å². The lowest BCUT2D eigenvalue weighted by atomic mass is 10.0. The lowest BCUT2D eigenvalue weighted by molar-refractivity contribution is 0.0526. The predicted octanol–water partition coefficient (Wildman–Crippen LogP) is 3.42. The monoisotopic (exact) mass is 420 g/mol. The number of benzene rings is 1. The van der Waals surface area contributed by atoms with Gasteiger partial charge in [0.25, 0.3) is 5.95 Å². The Labute approximate surface area is 179 Å². The summed E-state index contributed by atoms with van der Waals surface area (Å²) in [5, 5.41) is 8.74. The topological polar surface area (TPSA) is 97.0 Å². The van der Waals surface area contributed by atoms with E-state index in [0.29, 0.717) is 22.5 Å². The number of esters is 1. The molecule has 0 fully saturated rings. The van der Waals surface area contributed by atoms with E-state index < -0.39 is 5.97 Å². The molecule has 1 atom stereocenters. The quantitative estimate of drug-likeness (QED) is 0.441. The first-order valence-corrected chi connectivity index (χ1v) is 10.0. The number of aromatic nitrogens is 6. The summed E-state index contributed by atoms with van der Waals surface area (Å²) in [6.07, 6.45) is 4.63. The number of carbonyl (C=O) groups excluding carboxylic acids is 1. The lowest BCUT2D eigenvalue weighted by Crippen LogP contribution is -2.11. The van der Waals surface area contributed by atoms with Crippen LogP contribution in [0.5, 0.6) is 5.88 Å².